The van der Waals surface area contributed by atoms with Gasteiger partial charge in [-0.25, -0.2) is 0 Å². The Morgan fingerprint density at radius 3 is 2.33 bits per heavy atom. The highest BCUT2D eigenvalue weighted by Gasteiger charge is 2.04. The van der Waals surface area contributed by atoms with Crippen molar-refractivity contribution in [2.24, 2.45) is 4.99 Å². The number of fused-ring (bicyclic) bond motifs is 1. The van der Waals surface area contributed by atoms with E-state index in [-0.39, 0.29) is 12.4 Å². The first-order chi connectivity index (χ1) is 8.24. The van der Waals surface area contributed by atoms with Gasteiger partial charge in [-0.2, -0.15) is 0 Å². The SMILES string of the molecule is CN=C(Cc1cc2ccccc2cc1C)NC.Cl. The Balaban J connectivity index is 0.00000162. The van der Waals surface area contributed by atoms with Crippen LogP contribution in [0.2, 0.25) is 0 Å². The Kier molecular flexibility index (Phi) is 5.17. The quantitative estimate of drug-likeness (QED) is 0.651. The fraction of sp³-hybridized carbons (Fsp3) is 0.267. The van der Waals surface area contributed by atoms with Crippen LogP contribution in [0.5, 0.6) is 0 Å². The van der Waals surface area contributed by atoms with Gasteiger partial charge in [-0.15, -0.1) is 12.4 Å². The lowest BCUT2D eigenvalue weighted by molar-refractivity contribution is 1.08. The molecular formula is C15H19ClN2. The van der Waals surface area contributed by atoms with Crippen molar-refractivity contribution in [3.05, 3.63) is 47.5 Å². The van der Waals surface area contributed by atoms with Gasteiger partial charge < -0.3 is 5.32 Å². The van der Waals surface area contributed by atoms with Gasteiger partial charge in [0, 0.05) is 20.5 Å². The van der Waals surface area contributed by atoms with Crippen LogP contribution in [0, 0.1) is 6.92 Å². The largest absolute Gasteiger partial charge is 0.377 e. The average molecular weight is 263 g/mol. The molecule has 18 heavy (non-hydrogen) atoms. The zero-order valence-electron chi connectivity index (χ0n) is 11.0. The first-order valence-electron chi connectivity index (χ1n) is 5.86. The van der Waals surface area contributed by atoms with Crippen molar-refractivity contribution in [2.45, 2.75) is 13.3 Å². The summed E-state index contributed by atoms with van der Waals surface area (Å²) in [5.41, 5.74) is 2.65. The maximum atomic E-state index is 4.23. The third kappa shape index (κ3) is 3.02. The second kappa shape index (κ2) is 6.41. The molecule has 0 radical (unpaired) electrons. The molecule has 0 saturated heterocycles. The molecule has 2 aromatic carbocycles. The summed E-state index contributed by atoms with van der Waals surface area (Å²) in [7, 11) is 3.74. The minimum atomic E-state index is 0. The summed E-state index contributed by atoms with van der Waals surface area (Å²) in [6, 6.07) is 13.0. The molecule has 3 heteroatoms. The molecule has 0 fully saturated rings. The molecule has 2 nitrogen and oxygen atoms in total. The number of nitrogens with one attached hydrogen (secondary N) is 1. The van der Waals surface area contributed by atoms with Gasteiger partial charge in [-0.05, 0) is 28.8 Å². The maximum absolute atomic E-state index is 4.23. The molecule has 2 rings (SSSR count). The molecule has 0 unspecified atom stereocenters. The Morgan fingerprint density at radius 1 is 1.17 bits per heavy atom. The van der Waals surface area contributed by atoms with Crippen molar-refractivity contribution in [3.8, 4) is 0 Å². The summed E-state index contributed by atoms with van der Waals surface area (Å²) in [6.45, 7) is 2.16. The van der Waals surface area contributed by atoms with Gasteiger partial charge in [0.1, 0.15) is 5.84 Å². The minimum Gasteiger partial charge on any atom is -0.377 e. The van der Waals surface area contributed by atoms with Crippen LogP contribution < -0.4 is 5.32 Å². The van der Waals surface area contributed by atoms with E-state index in [1.165, 1.54) is 21.9 Å². The number of benzene rings is 2. The fourth-order valence-electron chi connectivity index (χ4n) is 2.05. The number of likely N-dealkylation sites (N-methyl/N-ethyl adjacent to an activating group) is 1. The van der Waals surface area contributed by atoms with Crippen molar-refractivity contribution in [1.82, 2.24) is 5.32 Å². The Bertz CT molecular complexity index is 561. The highest BCUT2D eigenvalue weighted by molar-refractivity contribution is 5.88. The monoisotopic (exact) mass is 262 g/mol. The van der Waals surface area contributed by atoms with E-state index in [1.54, 1.807) is 0 Å². The lowest BCUT2D eigenvalue weighted by atomic mass is 9.99. The summed E-state index contributed by atoms with van der Waals surface area (Å²) < 4.78 is 0. The van der Waals surface area contributed by atoms with E-state index in [1.807, 2.05) is 14.1 Å². The van der Waals surface area contributed by atoms with Crippen LogP contribution in [0.3, 0.4) is 0 Å². The lowest BCUT2D eigenvalue weighted by Gasteiger charge is -2.10. The van der Waals surface area contributed by atoms with E-state index < -0.39 is 0 Å². The van der Waals surface area contributed by atoms with Crippen molar-refractivity contribution < 1.29 is 0 Å². The normalized spacial score (nSPS) is 11.2. The molecule has 0 spiro atoms. The summed E-state index contributed by atoms with van der Waals surface area (Å²) in [5.74, 6) is 1.02. The van der Waals surface area contributed by atoms with E-state index in [9.17, 15) is 0 Å². The molecule has 2 aromatic rings. The van der Waals surface area contributed by atoms with E-state index in [2.05, 4.69) is 53.6 Å². The molecule has 0 atom stereocenters. The average Bonchev–Trinajstić information content (AvgIpc) is 2.36. The fourth-order valence-corrected chi connectivity index (χ4v) is 2.05. The first kappa shape index (κ1) is 14.5. The molecule has 0 amide bonds. The lowest BCUT2D eigenvalue weighted by Crippen LogP contribution is -2.21. The van der Waals surface area contributed by atoms with Gasteiger partial charge in [-0.3, -0.25) is 4.99 Å². The van der Waals surface area contributed by atoms with Gasteiger partial charge in [0.05, 0.1) is 0 Å². The number of amidine groups is 1. The van der Waals surface area contributed by atoms with Gasteiger partial charge in [0.2, 0.25) is 0 Å². The second-order valence-electron chi connectivity index (χ2n) is 4.22. The molecule has 0 aliphatic carbocycles. The zero-order valence-corrected chi connectivity index (χ0v) is 11.8. The highest BCUT2D eigenvalue weighted by Crippen LogP contribution is 2.20. The predicted octanol–water partition coefficient (Wildman–Crippen LogP) is 3.36. The molecule has 0 aromatic heterocycles. The van der Waals surface area contributed by atoms with Gasteiger partial charge in [-0.1, -0.05) is 36.4 Å². The summed E-state index contributed by atoms with van der Waals surface area (Å²) in [5, 5.41) is 5.72. The smallest absolute Gasteiger partial charge is 0.100 e. The Hall–Kier alpha value is -1.54. The van der Waals surface area contributed by atoms with Gasteiger partial charge in [0.25, 0.3) is 0 Å². The van der Waals surface area contributed by atoms with Gasteiger partial charge in [0.15, 0.2) is 0 Å². The van der Waals surface area contributed by atoms with Crippen LogP contribution in [0.1, 0.15) is 11.1 Å². The molecular weight excluding hydrogens is 244 g/mol. The molecule has 0 saturated carbocycles. The number of aryl methyl sites for hydroxylation is 1. The standard InChI is InChI=1S/C15H18N2.ClH/c1-11-8-12-6-4-5-7-13(12)9-14(11)10-15(16-2)17-3;/h4-9H,10H2,1-3H3,(H,16,17);1H. The maximum Gasteiger partial charge on any atom is 0.100 e. The summed E-state index contributed by atoms with van der Waals surface area (Å²) in [4.78, 5) is 4.23. The molecule has 0 bridgehead atoms. The van der Waals surface area contributed by atoms with E-state index in [0.29, 0.717) is 0 Å². The molecule has 0 aliphatic heterocycles. The van der Waals surface area contributed by atoms with Crippen LogP contribution in [-0.4, -0.2) is 19.9 Å². The molecule has 1 N–H and O–H groups in total. The van der Waals surface area contributed by atoms with Gasteiger partial charge >= 0.3 is 0 Å². The van der Waals surface area contributed by atoms with E-state index in [4.69, 9.17) is 0 Å². The predicted molar refractivity (Wildman–Crippen MR) is 82.1 cm³/mol. The number of hydrogen-bond donors (Lipinski definition) is 1. The highest BCUT2D eigenvalue weighted by atomic mass is 35.5. The topological polar surface area (TPSA) is 24.4 Å². The van der Waals surface area contributed by atoms with Crippen LogP contribution in [0.15, 0.2) is 41.4 Å². The number of halogens is 1. The first-order valence-corrected chi connectivity index (χ1v) is 5.86. The van der Waals surface area contributed by atoms with Crippen LogP contribution >= 0.6 is 12.4 Å². The number of aliphatic imine (C=N–C) groups is 1. The third-order valence-corrected chi connectivity index (χ3v) is 3.12. The Labute approximate surface area is 115 Å². The van der Waals surface area contributed by atoms with E-state index >= 15 is 0 Å². The second-order valence-corrected chi connectivity index (χ2v) is 4.22. The molecule has 96 valence electrons. The zero-order chi connectivity index (χ0) is 12.3. The van der Waals surface area contributed by atoms with Crippen molar-refractivity contribution in [1.29, 1.82) is 0 Å². The molecule has 0 heterocycles. The minimum absolute atomic E-state index is 0. The Morgan fingerprint density at radius 2 is 1.78 bits per heavy atom. The van der Waals surface area contributed by atoms with Crippen molar-refractivity contribution >= 4 is 29.0 Å². The van der Waals surface area contributed by atoms with E-state index in [0.717, 1.165) is 12.3 Å². The third-order valence-electron chi connectivity index (χ3n) is 3.12. The van der Waals surface area contributed by atoms with Crippen molar-refractivity contribution in [3.63, 3.8) is 0 Å². The molecule has 0 aliphatic rings. The number of hydrogen-bond acceptors (Lipinski definition) is 1. The summed E-state index contributed by atoms with van der Waals surface area (Å²) >= 11 is 0. The van der Waals surface area contributed by atoms with Crippen LogP contribution in [0.4, 0.5) is 0 Å². The number of rotatable bonds is 2. The van der Waals surface area contributed by atoms with Crippen LogP contribution in [-0.2, 0) is 6.42 Å². The summed E-state index contributed by atoms with van der Waals surface area (Å²) in [6.07, 6.45) is 0.865. The number of nitrogens with zero attached hydrogens (tertiary/aromatic N) is 1. The van der Waals surface area contributed by atoms with Crippen LogP contribution in [0.25, 0.3) is 10.8 Å². The van der Waals surface area contributed by atoms with Crippen molar-refractivity contribution in [2.75, 3.05) is 14.1 Å².